The molecule has 5 heteroatoms. The van der Waals surface area contributed by atoms with Crippen LogP contribution in [0.2, 0.25) is 0 Å². The molecule has 0 saturated carbocycles. The van der Waals surface area contributed by atoms with Crippen molar-refractivity contribution in [1.82, 2.24) is 4.90 Å². The highest BCUT2D eigenvalue weighted by molar-refractivity contribution is 7.22. The Kier molecular flexibility index (Phi) is 5.83. The number of furan rings is 1. The first kappa shape index (κ1) is 19.2. The zero-order chi connectivity index (χ0) is 19.5. The normalized spacial score (nSPS) is 16.0. The van der Waals surface area contributed by atoms with Gasteiger partial charge in [0.05, 0.1) is 11.3 Å². The third-order valence-electron chi connectivity index (χ3n) is 5.84. The van der Waals surface area contributed by atoms with Crippen LogP contribution in [0, 0.1) is 0 Å². The standard InChI is InChI=1S/C23H28N2O2S/c1-2-3-4-11-25-12-9-16(10-13-25)21-18-15-17(7-8-20(18)28-23(21)24)22(26)19-6-5-14-27-19/h5-8,14-16H,2-4,9-13,24H2,1H3. The molecule has 1 fully saturated rings. The van der Waals surface area contributed by atoms with E-state index in [1.165, 1.54) is 37.6 Å². The highest BCUT2D eigenvalue weighted by atomic mass is 32.1. The van der Waals surface area contributed by atoms with Gasteiger partial charge in [0.15, 0.2) is 5.76 Å². The molecule has 0 unspecified atom stereocenters. The topological polar surface area (TPSA) is 59.5 Å². The van der Waals surface area contributed by atoms with Crippen LogP contribution in [0.15, 0.2) is 41.0 Å². The van der Waals surface area contributed by atoms with E-state index in [1.54, 1.807) is 23.5 Å². The molecule has 1 aromatic carbocycles. The van der Waals surface area contributed by atoms with Crippen molar-refractivity contribution in [2.75, 3.05) is 25.4 Å². The molecule has 0 spiro atoms. The van der Waals surface area contributed by atoms with Crippen molar-refractivity contribution in [2.24, 2.45) is 0 Å². The number of nitrogen functional groups attached to an aromatic ring is 1. The number of anilines is 1. The number of piperidine rings is 1. The number of carbonyl (C=O) groups excluding carboxylic acids is 1. The fourth-order valence-electron chi connectivity index (χ4n) is 4.28. The lowest BCUT2D eigenvalue weighted by Crippen LogP contribution is -2.33. The minimum absolute atomic E-state index is 0.0756. The van der Waals surface area contributed by atoms with Gasteiger partial charge in [-0.15, -0.1) is 11.3 Å². The summed E-state index contributed by atoms with van der Waals surface area (Å²) in [6.07, 6.45) is 7.69. The molecule has 1 aliphatic heterocycles. The number of ketones is 1. The molecule has 1 saturated heterocycles. The number of carbonyl (C=O) groups is 1. The number of rotatable bonds is 7. The summed E-state index contributed by atoms with van der Waals surface area (Å²) in [6, 6.07) is 9.37. The van der Waals surface area contributed by atoms with Crippen LogP contribution >= 0.6 is 11.3 Å². The molecule has 0 radical (unpaired) electrons. The highest BCUT2D eigenvalue weighted by Gasteiger charge is 2.25. The molecule has 148 valence electrons. The fraction of sp³-hybridized carbons (Fsp3) is 0.435. The predicted molar refractivity (Wildman–Crippen MR) is 116 cm³/mol. The van der Waals surface area contributed by atoms with Crippen LogP contribution < -0.4 is 5.73 Å². The maximum Gasteiger partial charge on any atom is 0.228 e. The predicted octanol–water partition coefficient (Wildman–Crippen LogP) is 5.68. The van der Waals surface area contributed by atoms with Gasteiger partial charge in [0.2, 0.25) is 5.78 Å². The smallest absolute Gasteiger partial charge is 0.228 e. The maximum atomic E-state index is 12.7. The van der Waals surface area contributed by atoms with Crippen molar-refractivity contribution in [3.63, 3.8) is 0 Å². The molecule has 28 heavy (non-hydrogen) atoms. The van der Waals surface area contributed by atoms with E-state index in [0.717, 1.165) is 41.0 Å². The van der Waals surface area contributed by atoms with Crippen LogP contribution in [0.5, 0.6) is 0 Å². The van der Waals surface area contributed by atoms with Crippen molar-refractivity contribution in [2.45, 2.75) is 44.9 Å². The number of likely N-dealkylation sites (tertiary alicyclic amines) is 1. The quantitative estimate of drug-likeness (QED) is 0.412. The summed E-state index contributed by atoms with van der Waals surface area (Å²) in [4.78, 5) is 15.3. The second-order valence-electron chi connectivity index (χ2n) is 7.72. The van der Waals surface area contributed by atoms with E-state index in [2.05, 4.69) is 11.8 Å². The van der Waals surface area contributed by atoms with Crippen molar-refractivity contribution >= 4 is 32.2 Å². The molecule has 0 aliphatic carbocycles. The van der Waals surface area contributed by atoms with Crippen LogP contribution in [-0.2, 0) is 0 Å². The third-order valence-corrected chi connectivity index (χ3v) is 6.85. The SMILES string of the molecule is CCCCCN1CCC(c2c(N)sc3ccc(C(=O)c4ccco4)cc23)CC1. The van der Waals surface area contributed by atoms with Crippen LogP contribution in [0.4, 0.5) is 5.00 Å². The van der Waals surface area contributed by atoms with Gasteiger partial charge in [-0.05, 0) is 86.1 Å². The molecule has 2 aromatic heterocycles. The molecule has 0 amide bonds. The molecule has 1 aliphatic rings. The summed E-state index contributed by atoms with van der Waals surface area (Å²) in [5.74, 6) is 0.781. The summed E-state index contributed by atoms with van der Waals surface area (Å²) in [5, 5.41) is 2.05. The maximum absolute atomic E-state index is 12.7. The zero-order valence-corrected chi connectivity index (χ0v) is 17.3. The Labute approximate surface area is 170 Å². The van der Waals surface area contributed by atoms with Gasteiger partial charge < -0.3 is 15.1 Å². The van der Waals surface area contributed by atoms with Crippen LogP contribution in [0.3, 0.4) is 0 Å². The zero-order valence-electron chi connectivity index (χ0n) is 16.4. The number of hydrogen-bond acceptors (Lipinski definition) is 5. The van der Waals surface area contributed by atoms with Crippen molar-refractivity contribution in [1.29, 1.82) is 0 Å². The molecule has 4 nitrogen and oxygen atoms in total. The molecule has 0 bridgehead atoms. The Morgan fingerprint density at radius 3 is 2.79 bits per heavy atom. The summed E-state index contributed by atoms with van der Waals surface area (Å²) < 4.78 is 6.45. The van der Waals surface area contributed by atoms with Gasteiger partial charge >= 0.3 is 0 Å². The first-order valence-electron chi connectivity index (χ1n) is 10.3. The molecular formula is C23H28N2O2S. The number of nitrogens with two attached hydrogens (primary N) is 1. The van der Waals surface area contributed by atoms with E-state index in [-0.39, 0.29) is 5.78 Å². The third kappa shape index (κ3) is 3.87. The lowest BCUT2D eigenvalue weighted by molar-refractivity contribution is 0.101. The van der Waals surface area contributed by atoms with Gasteiger partial charge in [-0.1, -0.05) is 19.8 Å². The van der Waals surface area contributed by atoms with E-state index in [0.29, 0.717) is 17.2 Å². The van der Waals surface area contributed by atoms with Gasteiger partial charge in [-0.2, -0.15) is 0 Å². The Balaban J connectivity index is 1.55. The lowest BCUT2D eigenvalue weighted by Gasteiger charge is -2.32. The summed E-state index contributed by atoms with van der Waals surface area (Å²) >= 11 is 1.64. The van der Waals surface area contributed by atoms with Crippen LogP contribution in [0.25, 0.3) is 10.1 Å². The molecule has 3 heterocycles. The van der Waals surface area contributed by atoms with E-state index in [1.807, 2.05) is 18.2 Å². The average Bonchev–Trinajstić information content (AvgIpc) is 3.35. The van der Waals surface area contributed by atoms with Crippen LogP contribution in [0.1, 0.15) is 66.6 Å². The molecule has 2 N–H and O–H groups in total. The van der Waals surface area contributed by atoms with Gasteiger partial charge in [0.1, 0.15) is 0 Å². The Morgan fingerprint density at radius 1 is 1.25 bits per heavy atom. The second kappa shape index (κ2) is 8.50. The first-order valence-corrected chi connectivity index (χ1v) is 11.1. The van der Waals surface area contributed by atoms with Crippen molar-refractivity contribution < 1.29 is 9.21 Å². The Hall–Kier alpha value is -2.11. The highest BCUT2D eigenvalue weighted by Crippen LogP contribution is 2.42. The monoisotopic (exact) mass is 396 g/mol. The summed E-state index contributed by atoms with van der Waals surface area (Å²) in [7, 11) is 0. The van der Waals surface area contributed by atoms with Crippen LogP contribution in [-0.4, -0.2) is 30.3 Å². The van der Waals surface area contributed by atoms with Gasteiger partial charge in [-0.3, -0.25) is 4.79 Å². The minimum atomic E-state index is -0.0756. The summed E-state index contributed by atoms with van der Waals surface area (Å²) in [5.41, 5.74) is 8.36. The van der Waals surface area contributed by atoms with E-state index in [4.69, 9.17) is 10.2 Å². The minimum Gasteiger partial charge on any atom is -0.461 e. The summed E-state index contributed by atoms with van der Waals surface area (Å²) in [6.45, 7) is 5.73. The number of hydrogen-bond donors (Lipinski definition) is 1. The van der Waals surface area contributed by atoms with Gasteiger partial charge in [0.25, 0.3) is 0 Å². The number of unbranched alkanes of at least 4 members (excludes halogenated alkanes) is 2. The Bertz CT molecular complexity index is 937. The number of benzene rings is 1. The van der Waals surface area contributed by atoms with Gasteiger partial charge in [0, 0.05) is 10.3 Å². The first-order chi connectivity index (χ1) is 13.7. The van der Waals surface area contributed by atoms with E-state index < -0.39 is 0 Å². The number of nitrogens with zero attached hydrogens (tertiary/aromatic N) is 1. The van der Waals surface area contributed by atoms with Crippen molar-refractivity contribution in [3.05, 3.63) is 53.5 Å². The number of thiophene rings is 1. The van der Waals surface area contributed by atoms with Crippen molar-refractivity contribution in [3.8, 4) is 0 Å². The average molecular weight is 397 g/mol. The lowest BCUT2D eigenvalue weighted by atomic mass is 9.88. The van der Waals surface area contributed by atoms with Gasteiger partial charge in [-0.25, -0.2) is 0 Å². The van der Waals surface area contributed by atoms with E-state index >= 15 is 0 Å². The molecule has 0 atom stereocenters. The second-order valence-corrected chi connectivity index (χ2v) is 8.80. The molecule has 3 aromatic rings. The van der Waals surface area contributed by atoms with E-state index in [9.17, 15) is 4.79 Å². The molecular weight excluding hydrogens is 368 g/mol. The fourth-order valence-corrected chi connectivity index (χ4v) is 5.32. The molecule has 4 rings (SSSR count). The largest absolute Gasteiger partial charge is 0.461 e. The number of fused-ring (bicyclic) bond motifs is 1. The Morgan fingerprint density at radius 2 is 2.07 bits per heavy atom.